The van der Waals surface area contributed by atoms with E-state index in [1.54, 1.807) is 26.1 Å². The third kappa shape index (κ3) is 6.36. The Hall–Kier alpha value is -3.27. The van der Waals surface area contributed by atoms with Crippen LogP contribution >= 0.6 is 23.4 Å². The second-order valence-corrected chi connectivity index (χ2v) is 10.3. The Bertz CT molecular complexity index is 1320. The molecule has 1 heterocycles. The van der Waals surface area contributed by atoms with Crippen molar-refractivity contribution in [2.75, 3.05) is 11.9 Å². The SMILES string of the molecule is C[C@H](N[C@@H]1C(=O)N(C)c2cc(Cl)ccc2S[C@@H]1c1ccccc1)C(=O)NC(=O)Cc1cc(F)cc(F)c1. The lowest BCUT2D eigenvalue weighted by molar-refractivity contribution is -0.131. The van der Waals surface area contributed by atoms with Gasteiger partial charge in [-0.1, -0.05) is 41.9 Å². The first kappa shape index (κ1) is 26.8. The van der Waals surface area contributed by atoms with Crippen LogP contribution in [0.1, 0.15) is 23.3 Å². The minimum absolute atomic E-state index is 0.0981. The van der Waals surface area contributed by atoms with Gasteiger partial charge >= 0.3 is 0 Å². The molecular formula is C27H24ClF2N3O3S. The van der Waals surface area contributed by atoms with E-state index < -0.39 is 35.5 Å². The molecule has 0 saturated carbocycles. The van der Waals surface area contributed by atoms with Crippen molar-refractivity contribution in [1.82, 2.24) is 10.6 Å². The number of likely N-dealkylation sites (N-methyl/N-ethyl adjacent to an activating group) is 1. The normalized spacial score (nSPS) is 18.1. The molecule has 3 aromatic carbocycles. The maximum absolute atomic E-state index is 13.6. The summed E-state index contributed by atoms with van der Waals surface area (Å²) in [7, 11) is 1.65. The lowest BCUT2D eigenvalue weighted by Crippen LogP contribution is -2.54. The first-order chi connectivity index (χ1) is 17.6. The van der Waals surface area contributed by atoms with Gasteiger partial charge in [-0.05, 0) is 48.4 Å². The second-order valence-electron chi connectivity index (χ2n) is 8.69. The smallest absolute Gasteiger partial charge is 0.245 e. The van der Waals surface area contributed by atoms with Crippen LogP contribution in [-0.4, -0.2) is 36.9 Å². The average molecular weight is 544 g/mol. The zero-order valence-electron chi connectivity index (χ0n) is 20.0. The highest BCUT2D eigenvalue weighted by Crippen LogP contribution is 2.46. The van der Waals surface area contributed by atoms with E-state index in [1.165, 1.54) is 16.7 Å². The van der Waals surface area contributed by atoms with Crippen LogP contribution in [0.25, 0.3) is 0 Å². The van der Waals surface area contributed by atoms with Gasteiger partial charge in [0, 0.05) is 23.0 Å². The van der Waals surface area contributed by atoms with Crippen LogP contribution in [0, 0.1) is 11.6 Å². The highest BCUT2D eigenvalue weighted by molar-refractivity contribution is 7.99. The molecule has 0 aliphatic carbocycles. The van der Waals surface area contributed by atoms with E-state index >= 15 is 0 Å². The third-order valence-corrected chi connectivity index (χ3v) is 7.57. The zero-order valence-corrected chi connectivity index (χ0v) is 21.6. The molecule has 0 fully saturated rings. The molecule has 4 rings (SSSR count). The number of nitrogens with one attached hydrogen (secondary N) is 2. The number of hydrogen-bond acceptors (Lipinski definition) is 5. The first-order valence-corrected chi connectivity index (χ1v) is 12.7. The van der Waals surface area contributed by atoms with Gasteiger partial charge in [-0.3, -0.25) is 25.0 Å². The number of rotatable bonds is 6. The van der Waals surface area contributed by atoms with Gasteiger partial charge < -0.3 is 4.90 Å². The molecule has 0 unspecified atom stereocenters. The largest absolute Gasteiger partial charge is 0.313 e. The Morgan fingerprint density at radius 2 is 1.73 bits per heavy atom. The van der Waals surface area contributed by atoms with Crippen molar-refractivity contribution in [2.24, 2.45) is 0 Å². The monoisotopic (exact) mass is 543 g/mol. The number of nitrogens with zero attached hydrogens (tertiary/aromatic N) is 1. The Kier molecular flexibility index (Phi) is 8.26. The summed E-state index contributed by atoms with van der Waals surface area (Å²) in [6.45, 7) is 1.54. The molecule has 1 aliphatic heterocycles. The molecule has 37 heavy (non-hydrogen) atoms. The highest BCUT2D eigenvalue weighted by atomic mass is 35.5. The number of carbonyl (C=O) groups is 3. The summed E-state index contributed by atoms with van der Waals surface area (Å²) in [5, 5.41) is 5.44. The molecule has 1 aliphatic rings. The van der Waals surface area contributed by atoms with Crippen molar-refractivity contribution < 1.29 is 23.2 Å². The summed E-state index contributed by atoms with van der Waals surface area (Å²) in [5.74, 6) is -3.29. The number of amides is 3. The summed E-state index contributed by atoms with van der Waals surface area (Å²) in [6, 6.07) is 15.8. The number of fused-ring (bicyclic) bond motifs is 1. The van der Waals surface area contributed by atoms with Crippen molar-refractivity contribution in [3.63, 3.8) is 0 Å². The molecule has 3 amide bonds. The lowest BCUT2D eigenvalue weighted by atomic mass is 10.0. The van der Waals surface area contributed by atoms with Gasteiger partial charge in [0.1, 0.15) is 17.7 Å². The number of hydrogen-bond donors (Lipinski definition) is 2. The van der Waals surface area contributed by atoms with Crippen molar-refractivity contribution >= 4 is 46.8 Å². The number of halogens is 3. The van der Waals surface area contributed by atoms with Gasteiger partial charge in [-0.15, -0.1) is 11.8 Å². The molecule has 0 radical (unpaired) electrons. The van der Waals surface area contributed by atoms with E-state index in [2.05, 4.69) is 10.6 Å². The summed E-state index contributed by atoms with van der Waals surface area (Å²) < 4.78 is 26.9. The van der Waals surface area contributed by atoms with E-state index in [0.29, 0.717) is 16.8 Å². The van der Waals surface area contributed by atoms with Crippen LogP contribution in [-0.2, 0) is 20.8 Å². The predicted molar refractivity (Wildman–Crippen MR) is 139 cm³/mol. The highest BCUT2D eigenvalue weighted by Gasteiger charge is 2.38. The summed E-state index contributed by atoms with van der Waals surface area (Å²) in [4.78, 5) is 41.2. The maximum atomic E-state index is 13.6. The number of imide groups is 1. The molecule has 10 heteroatoms. The summed E-state index contributed by atoms with van der Waals surface area (Å²) in [5.41, 5.74) is 1.63. The Morgan fingerprint density at radius 1 is 1.05 bits per heavy atom. The lowest BCUT2D eigenvalue weighted by Gasteiger charge is -2.29. The van der Waals surface area contributed by atoms with Gasteiger partial charge in [0.2, 0.25) is 17.7 Å². The van der Waals surface area contributed by atoms with E-state index in [9.17, 15) is 23.2 Å². The average Bonchev–Trinajstić information content (AvgIpc) is 2.94. The zero-order chi connectivity index (χ0) is 26.7. The minimum Gasteiger partial charge on any atom is -0.313 e. The quantitative estimate of drug-likeness (QED) is 0.473. The molecule has 0 bridgehead atoms. The summed E-state index contributed by atoms with van der Waals surface area (Å²) >= 11 is 7.67. The minimum atomic E-state index is -0.938. The van der Waals surface area contributed by atoms with Gasteiger partial charge in [0.15, 0.2) is 0 Å². The van der Waals surface area contributed by atoms with Crippen LogP contribution in [0.2, 0.25) is 5.02 Å². The second kappa shape index (κ2) is 11.4. The van der Waals surface area contributed by atoms with Crippen LogP contribution in [0.4, 0.5) is 14.5 Å². The Morgan fingerprint density at radius 3 is 2.41 bits per heavy atom. The van der Waals surface area contributed by atoms with Crippen LogP contribution in [0.5, 0.6) is 0 Å². The van der Waals surface area contributed by atoms with Crippen LogP contribution in [0.3, 0.4) is 0 Å². The van der Waals surface area contributed by atoms with Crippen LogP contribution < -0.4 is 15.5 Å². The molecule has 192 valence electrons. The van der Waals surface area contributed by atoms with Gasteiger partial charge in [-0.2, -0.15) is 0 Å². The van der Waals surface area contributed by atoms with Crippen molar-refractivity contribution in [3.8, 4) is 0 Å². The fourth-order valence-corrected chi connectivity index (χ4v) is 5.64. The summed E-state index contributed by atoms with van der Waals surface area (Å²) in [6.07, 6.45) is -0.378. The van der Waals surface area contributed by atoms with E-state index in [1.807, 2.05) is 36.4 Å². The Balaban J connectivity index is 1.54. The molecule has 6 nitrogen and oxygen atoms in total. The van der Waals surface area contributed by atoms with Gasteiger partial charge in [0.05, 0.1) is 23.4 Å². The van der Waals surface area contributed by atoms with Crippen molar-refractivity contribution in [2.45, 2.75) is 35.6 Å². The number of benzene rings is 3. The molecular weight excluding hydrogens is 520 g/mol. The predicted octanol–water partition coefficient (Wildman–Crippen LogP) is 4.66. The van der Waals surface area contributed by atoms with Gasteiger partial charge in [0.25, 0.3) is 0 Å². The van der Waals surface area contributed by atoms with Crippen molar-refractivity contribution in [3.05, 3.63) is 94.5 Å². The first-order valence-electron chi connectivity index (χ1n) is 11.5. The van der Waals surface area contributed by atoms with Gasteiger partial charge in [-0.25, -0.2) is 8.78 Å². The topological polar surface area (TPSA) is 78.5 Å². The molecule has 0 aromatic heterocycles. The fraction of sp³-hybridized carbons (Fsp3) is 0.222. The van der Waals surface area contributed by atoms with Crippen molar-refractivity contribution in [1.29, 1.82) is 0 Å². The Labute approximate surface area is 222 Å². The molecule has 3 atom stereocenters. The fourth-order valence-electron chi connectivity index (χ4n) is 4.11. The van der Waals surface area contributed by atoms with Crippen LogP contribution in [0.15, 0.2) is 71.6 Å². The number of anilines is 1. The van der Waals surface area contributed by atoms with E-state index in [0.717, 1.165) is 22.6 Å². The standard InChI is InChI=1S/C27H24ClF2N3O3S/c1-15(26(35)32-23(34)12-16-10-19(29)14-20(30)11-16)31-24-25(17-6-4-3-5-7-17)37-22-9-8-18(28)13-21(22)33(2)27(24)36/h3-11,13-15,24-25,31H,12H2,1-2H3,(H,32,34,35)/t15-,24-,25+/m0/s1. The molecule has 3 aromatic rings. The maximum Gasteiger partial charge on any atom is 0.245 e. The van der Waals surface area contributed by atoms with E-state index in [-0.39, 0.29) is 23.1 Å². The molecule has 0 spiro atoms. The van der Waals surface area contributed by atoms with E-state index in [4.69, 9.17) is 11.6 Å². The number of thioether (sulfide) groups is 1. The molecule has 0 saturated heterocycles. The number of carbonyl (C=O) groups excluding carboxylic acids is 3. The molecule has 2 N–H and O–H groups in total. The third-order valence-electron chi connectivity index (χ3n) is 5.94.